The number of hydrogen-bond donors (Lipinski definition) is 1. The fourth-order valence-electron chi connectivity index (χ4n) is 3.01. The second-order valence-corrected chi connectivity index (χ2v) is 7.39. The molecule has 0 aromatic carbocycles. The highest BCUT2D eigenvalue weighted by atomic mass is 32.1. The highest BCUT2D eigenvalue weighted by molar-refractivity contribution is 7.09. The monoisotopic (exact) mass is 358 g/mol. The molecule has 25 heavy (non-hydrogen) atoms. The van der Waals surface area contributed by atoms with Gasteiger partial charge in [-0.15, -0.1) is 11.3 Å². The first kappa shape index (κ1) is 17.5. The number of aryl methyl sites for hydroxylation is 1. The Kier molecular flexibility index (Phi) is 5.43. The highest BCUT2D eigenvalue weighted by Crippen LogP contribution is 2.21. The summed E-state index contributed by atoms with van der Waals surface area (Å²) in [6.45, 7) is 5.11. The zero-order chi connectivity index (χ0) is 17.8. The molecule has 2 aromatic heterocycles. The van der Waals surface area contributed by atoms with Gasteiger partial charge in [0.2, 0.25) is 5.91 Å². The fraction of sp³-hybridized carbons (Fsp3) is 0.444. The van der Waals surface area contributed by atoms with E-state index in [9.17, 15) is 9.59 Å². The van der Waals surface area contributed by atoms with Gasteiger partial charge in [-0.25, -0.2) is 4.98 Å². The predicted octanol–water partition coefficient (Wildman–Crippen LogP) is 2.58. The molecule has 0 aliphatic carbocycles. The summed E-state index contributed by atoms with van der Waals surface area (Å²) in [5.74, 6) is 0.00501. The number of pyridine rings is 1. The van der Waals surface area contributed by atoms with Crippen LogP contribution in [0.2, 0.25) is 0 Å². The lowest BCUT2D eigenvalue weighted by atomic mass is 9.95. The van der Waals surface area contributed by atoms with Gasteiger partial charge in [-0.3, -0.25) is 14.6 Å². The molecule has 3 heterocycles. The predicted molar refractivity (Wildman–Crippen MR) is 96.3 cm³/mol. The van der Waals surface area contributed by atoms with Gasteiger partial charge in [-0.05, 0) is 38.8 Å². The van der Waals surface area contributed by atoms with Crippen molar-refractivity contribution in [2.24, 2.45) is 5.92 Å². The second-order valence-electron chi connectivity index (χ2n) is 6.32. The van der Waals surface area contributed by atoms with E-state index in [-0.39, 0.29) is 23.8 Å². The number of nitrogens with one attached hydrogen (secondary N) is 1. The van der Waals surface area contributed by atoms with E-state index < -0.39 is 0 Å². The normalized spacial score (nSPS) is 16.5. The smallest absolute Gasteiger partial charge is 0.253 e. The van der Waals surface area contributed by atoms with Crippen LogP contribution in [0.15, 0.2) is 29.9 Å². The minimum absolute atomic E-state index is 0.00701. The SMILES string of the molecule is Cc1nc(C(C)NC(=O)C2CCN(C(=O)c3ccncc3)CC2)cs1. The molecule has 1 aliphatic heterocycles. The molecule has 1 N–H and O–H groups in total. The minimum Gasteiger partial charge on any atom is -0.348 e. The molecule has 1 atom stereocenters. The van der Waals surface area contributed by atoms with Crippen LogP contribution in [0.3, 0.4) is 0 Å². The number of carbonyl (C=O) groups excluding carboxylic acids is 2. The molecule has 0 bridgehead atoms. The lowest BCUT2D eigenvalue weighted by molar-refractivity contribution is -0.127. The van der Waals surface area contributed by atoms with E-state index >= 15 is 0 Å². The van der Waals surface area contributed by atoms with Gasteiger partial charge in [-0.2, -0.15) is 0 Å². The summed E-state index contributed by atoms with van der Waals surface area (Å²) in [5, 5.41) is 6.03. The number of rotatable bonds is 4. The number of piperidine rings is 1. The van der Waals surface area contributed by atoms with Gasteiger partial charge in [-0.1, -0.05) is 0 Å². The average Bonchev–Trinajstić information content (AvgIpc) is 3.08. The molecule has 1 saturated heterocycles. The standard InChI is InChI=1S/C18H22N4O2S/c1-12(16-11-25-13(2)21-16)20-17(23)14-5-9-22(10-6-14)18(24)15-3-7-19-8-4-15/h3-4,7-8,11-12,14H,5-6,9-10H2,1-2H3,(H,20,23). The number of likely N-dealkylation sites (tertiary alicyclic amines) is 1. The van der Waals surface area contributed by atoms with Crippen LogP contribution in [-0.4, -0.2) is 39.8 Å². The van der Waals surface area contributed by atoms with Gasteiger partial charge in [0.1, 0.15) is 0 Å². The second kappa shape index (κ2) is 7.74. The van der Waals surface area contributed by atoms with Crippen LogP contribution in [0, 0.1) is 12.8 Å². The van der Waals surface area contributed by atoms with Crippen molar-refractivity contribution in [3.63, 3.8) is 0 Å². The quantitative estimate of drug-likeness (QED) is 0.911. The summed E-state index contributed by atoms with van der Waals surface area (Å²) in [6, 6.07) is 3.35. The van der Waals surface area contributed by atoms with Crippen molar-refractivity contribution in [2.75, 3.05) is 13.1 Å². The zero-order valence-corrected chi connectivity index (χ0v) is 15.3. The maximum absolute atomic E-state index is 12.5. The first-order valence-electron chi connectivity index (χ1n) is 8.46. The Morgan fingerprint density at radius 1 is 1.28 bits per heavy atom. The van der Waals surface area contributed by atoms with E-state index in [1.54, 1.807) is 35.9 Å². The molecule has 1 aliphatic rings. The van der Waals surface area contributed by atoms with Gasteiger partial charge in [0.25, 0.3) is 5.91 Å². The van der Waals surface area contributed by atoms with Crippen molar-refractivity contribution in [3.05, 3.63) is 46.2 Å². The molecule has 2 amide bonds. The average molecular weight is 358 g/mol. The van der Waals surface area contributed by atoms with E-state index in [0.29, 0.717) is 31.5 Å². The third-order valence-electron chi connectivity index (χ3n) is 4.52. The zero-order valence-electron chi connectivity index (χ0n) is 14.4. The van der Waals surface area contributed by atoms with Crippen LogP contribution in [-0.2, 0) is 4.79 Å². The third kappa shape index (κ3) is 4.22. The molecular weight excluding hydrogens is 336 g/mol. The summed E-state index contributed by atoms with van der Waals surface area (Å²) < 4.78 is 0. The largest absolute Gasteiger partial charge is 0.348 e. The minimum atomic E-state index is -0.0890. The molecule has 0 saturated carbocycles. The molecule has 0 spiro atoms. The van der Waals surface area contributed by atoms with Gasteiger partial charge < -0.3 is 10.2 Å². The first-order valence-corrected chi connectivity index (χ1v) is 9.34. The van der Waals surface area contributed by atoms with Gasteiger partial charge >= 0.3 is 0 Å². The molecule has 132 valence electrons. The summed E-state index contributed by atoms with van der Waals surface area (Å²) in [4.78, 5) is 35.1. The number of hydrogen-bond acceptors (Lipinski definition) is 5. The Labute approximate surface area is 151 Å². The molecule has 2 aromatic rings. The molecule has 1 fully saturated rings. The molecular formula is C18H22N4O2S. The molecule has 1 unspecified atom stereocenters. The number of amides is 2. The lowest BCUT2D eigenvalue weighted by Gasteiger charge is -2.31. The summed E-state index contributed by atoms with van der Waals surface area (Å²) in [5.41, 5.74) is 1.55. The summed E-state index contributed by atoms with van der Waals surface area (Å²) >= 11 is 1.59. The van der Waals surface area contributed by atoms with Crippen LogP contribution in [0.4, 0.5) is 0 Å². The summed E-state index contributed by atoms with van der Waals surface area (Å²) in [7, 11) is 0. The Morgan fingerprint density at radius 2 is 1.96 bits per heavy atom. The molecule has 6 nitrogen and oxygen atoms in total. The Hall–Kier alpha value is -2.28. The Morgan fingerprint density at radius 3 is 2.56 bits per heavy atom. The molecule has 0 radical (unpaired) electrons. The maximum atomic E-state index is 12.5. The number of nitrogens with zero attached hydrogens (tertiary/aromatic N) is 3. The van der Waals surface area contributed by atoms with Crippen LogP contribution in [0.25, 0.3) is 0 Å². The van der Waals surface area contributed by atoms with E-state index in [1.807, 2.05) is 24.1 Å². The van der Waals surface area contributed by atoms with E-state index in [4.69, 9.17) is 0 Å². The number of carbonyl (C=O) groups is 2. The van der Waals surface area contributed by atoms with Crippen molar-refractivity contribution in [1.29, 1.82) is 0 Å². The number of thiazole rings is 1. The van der Waals surface area contributed by atoms with Crippen molar-refractivity contribution < 1.29 is 9.59 Å². The molecule has 7 heteroatoms. The summed E-state index contributed by atoms with van der Waals surface area (Å²) in [6.07, 6.45) is 4.61. The van der Waals surface area contributed by atoms with Crippen LogP contribution < -0.4 is 5.32 Å². The van der Waals surface area contributed by atoms with Gasteiger partial charge in [0.15, 0.2) is 0 Å². The van der Waals surface area contributed by atoms with Crippen molar-refractivity contribution >= 4 is 23.2 Å². The molecule has 3 rings (SSSR count). The Bertz CT molecular complexity index is 739. The van der Waals surface area contributed by atoms with E-state index in [0.717, 1.165) is 10.7 Å². The van der Waals surface area contributed by atoms with Gasteiger partial charge in [0, 0.05) is 42.3 Å². The maximum Gasteiger partial charge on any atom is 0.253 e. The lowest BCUT2D eigenvalue weighted by Crippen LogP contribution is -2.43. The van der Waals surface area contributed by atoms with Crippen LogP contribution >= 0.6 is 11.3 Å². The number of aromatic nitrogens is 2. The van der Waals surface area contributed by atoms with E-state index in [2.05, 4.69) is 15.3 Å². The fourth-order valence-corrected chi connectivity index (χ4v) is 3.71. The third-order valence-corrected chi connectivity index (χ3v) is 5.31. The first-order chi connectivity index (χ1) is 12.0. The van der Waals surface area contributed by atoms with Crippen LogP contribution in [0.1, 0.15) is 46.9 Å². The van der Waals surface area contributed by atoms with Crippen LogP contribution in [0.5, 0.6) is 0 Å². The van der Waals surface area contributed by atoms with Gasteiger partial charge in [0.05, 0.1) is 16.7 Å². The van der Waals surface area contributed by atoms with E-state index in [1.165, 1.54) is 0 Å². The topological polar surface area (TPSA) is 75.2 Å². The van der Waals surface area contributed by atoms with Crippen molar-refractivity contribution in [2.45, 2.75) is 32.7 Å². The van der Waals surface area contributed by atoms with Crippen molar-refractivity contribution in [3.8, 4) is 0 Å². The highest BCUT2D eigenvalue weighted by Gasteiger charge is 2.28. The van der Waals surface area contributed by atoms with Crippen molar-refractivity contribution in [1.82, 2.24) is 20.2 Å². The Balaban J connectivity index is 1.51.